The number of rotatable bonds is 3. The van der Waals surface area contributed by atoms with E-state index in [1.807, 2.05) is 20.8 Å². The van der Waals surface area contributed by atoms with Gasteiger partial charge in [-0.25, -0.2) is 4.79 Å². The molecule has 2 rings (SSSR count). The molecule has 0 fully saturated rings. The van der Waals surface area contributed by atoms with Gasteiger partial charge in [0.1, 0.15) is 0 Å². The number of nitrogens with zero attached hydrogens (tertiary/aromatic N) is 1. The van der Waals surface area contributed by atoms with Crippen LogP contribution in [0, 0.1) is 5.92 Å². The van der Waals surface area contributed by atoms with Crippen LogP contribution in [-0.2, 0) is 22.6 Å². The highest BCUT2D eigenvalue weighted by Gasteiger charge is 2.32. The molecule has 1 aliphatic heterocycles. The summed E-state index contributed by atoms with van der Waals surface area (Å²) in [6.07, 6.45) is 2.66. The summed E-state index contributed by atoms with van der Waals surface area (Å²) in [6, 6.07) is 1.54. The van der Waals surface area contributed by atoms with Crippen molar-refractivity contribution in [1.82, 2.24) is 9.88 Å². The Hall–Kier alpha value is -2.11. The van der Waals surface area contributed by atoms with E-state index in [-0.39, 0.29) is 5.56 Å². The molecular weight excluding hydrogens is 272 g/mol. The molecule has 1 atom stereocenters. The standard InChI is InChI=1S/C15H20N2O4/c1-15(2,3)16-13(19)12(18)9-4-5-11-10(14(20)21)6-7-17(11)8-9/h6-7,9H,4-5,8H2,1-3H3,(H,16,19)(H,20,21). The fourth-order valence-electron chi connectivity index (χ4n) is 2.59. The van der Waals surface area contributed by atoms with Gasteiger partial charge in [-0.15, -0.1) is 0 Å². The van der Waals surface area contributed by atoms with Crippen molar-refractivity contribution in [2.75, 3.05) is 0 Å². The lowest BCUT2D eigenvalue weighted by Crippen LogP contribution is -2.47. The normalized spacial score (nSPS) is 18.0. The number of hydrogen-bond donors (Lipinski definition) is 2. The fraction of sp³-hybridized carbons (Fsp3) is 0.533. The fourth-order valence-corrected chi connectivity index (χ4v) is 2.59. The molecule has 0 bridgehead atoms. The number of amides is 1. The third-order valence-electron chi connectivity index (χ3n) is 3.54. The van der Waals surface area contributed by atoms with Gasteiger partial charge in [0.25, 0.3) is 5.91 Å². The molecule has 1 unspecified atom stereocenters. The van der Waals surface area contributed by atoms with Gasteiger partial charge in [-0.05, 0) is 39.7 Å². The summed E-state index contributed by atoms with van der Waals surface area (Å²) in [4.78, 5) is 35.2. The van der Waals surface area contributed by atoms with Crippen LogP contribution < -0.4 is 5.32 Å². The number of nitrogens with one attached hydrogen (secondary N) is 1. The Morgan fingerprint density at radius 2 is 2.00 bits per heavy atom. The quantitative estimate of drug-likeness (QED) is 0.820. The minimum atomic E-state index is -0.959. The molecule has 1 aliphatic rings. The van der Waals surface area contributed by atoms with Crippen LogP contribution in [0.4, 0.5) is 0 Å². The van der Waals surface area contributed by atoms with Gasteiger partial charge in [0.05, 0.1) is 5.56 Å². The Labute approximate surface area is 123 Å². The van der Waals surface area contributed by atoms with E-state index in [2.05, 4.69) is 5.32 Å². The molecule has 0 spiro atoms. The van der Waals surface area contributed by atoms with E-state index >= 15 is 0 Å². The summed E-state index contributed by atoms with van der Waals surface area (Å²) in [5.41, 5.74) is 0.555. The zero-order valence-corrected chi connectivity index (χ0v) is 12.5. The molecule has 6 heteroatoms. The molecule has 0 radical (unpaired) electrons. The van der Waals surface area contributed by atoms with Crippen molar-refractivity contribution in [2.24, 2.45) is 5.92 Å². The number of carbonyl (C=O) groups is 3. The number of hydrogen-bond acceptors (Lipinski definition) is 3. The first-order valence-corrected chi connectivity index (χ1v) is 6.96. The zero-order valence-electron chi connectivity index (χ0n) is 12.5. The number of aromatic carboxylic acids is 1. The van der Waals surface area contributed by atoms with Crippen LogP contribution in [0.5, 0.6) is 0 Å². The van der Waals surface area contributed by atoms with Gasteiger partial charge in [0.15, 0.2) is 0 Å². The highest BCUT2D eigenvalue weighted by molar-refractivity contribution is 6.37. The van der Waals surface area contributed by atoms with Crippen LogP contribution in [0.15, 0.2) is 12.3 Å². The Morgan fingerprint density at radius 3 is 2.57 bits per heavy atom. The maximum Gasteiger partial charge on any atom is 0.337 e. The van der Waals surface area contributed by atoms with Gasteiger partial charge in [-0.1, -0.05) is 0 Å². The van der Waals surface area contributed by atoms with Crippen molar-refractivity contribution < 1.29 is 19.5 Å². The summed E-state index contributed by atoms with van der Waals surface area (Å²) in [5, 5.41) is 11.7. The first-order chi connectivity index (χ1) is 9.69. The summed E-state index contributed by atoms with van der Waals surface area (Å²) in [6.45, 7) is 5.83. The van der Waals surface area contributed by atoms with E-state index in [0.717, 1.165) is 5.69 Å². The molecule has 0 saturated heterocycles. The molecular formula is C15H20N2O4. The molecule has 0 saturated carbocycles. The summed E-state index contributed by atoms with van der Waals surface area (Å²) in [5.74, 6) is -2.35. The van der Waals surface area contributed by atoms with Crippen LogP contribution in [0.2, 0.25) is 0 Å². The lowest BCUT2D eigenvalue weighted by Gasteiger charge is -2.26. The predicted octanol–water partition coefficient (Wildman–Crippen LogP) is 1.23. The van der Waals surface area contributed by atoms with E-state index < -0.39 is 29.1 Å². The van der Waals surface area contributed by atoms with Crippen LogP contribution >= 0.6 is 0 Å². The van der Waals surface area contributed by atoms with Gasteiger partial charge in [0, 0.05) is 29.9 Å². The van der Waals surface area contributed by atoms with Crippen LogP contribution in [-0.4, -0.2) is 32.9 Å². The second-order valence-corrected chi connectivity index (χ2v) is 6.44. The van der Waals surface area contributed by atoms with Crippen molar-refractivity contribution >= 4 is 17.7 Å². The van der Waals surface area contributed by atoms with Gasteiger partial charge in [-0.2, -0.15) is 0 Å². The maximum absolute atomic E-state index is 12.2. The molecule has 114 valence electrons. The topological polar surface area (TPSA) is 88.4 Å². The third-order valence-corrected chi connectivity index (χ3v) is 3.54. The third kappa shape index (κ3) is 3.32. The first-order valence-electron chi connectivity index (χ1n) is 6.96. The summed E-state index contributed by atoms with van der Waals surface area (Å²) >= 11 is 0. The molecule has 0 aromatic carbocycles. The van der Waals surface area contributed by atoms with Crippen molar-refractivity contribution in [3.8, 4) is 0 Å². The molecule has 2 N–H and O–H groups in total. The van der Waals surface area contributed by atoms with Gasteiger partial charge < -0.3 is 15.0 Å². The predicted molar refractivity (Wildman–Crippen MR) is 76.1 cm³/mol. The van der Waals surface area contributed by atoms with Crippen molar-refractivity contribution in [3.63, 3.8) is 0 Å². The Kier molecular flexibility index (Phi) is 3.89. The minimum Gasteiger partial charge on any atom is -0.478 e. The summed E-state index contributed by atoms with van der Waals surface area (Å²) < 4.78 is 1.76. The van der Waals surface area contributed by atoms with E-state index in [9.17, 15) is 14.4 Å². The second-order valence-electron chi connectivity index (χ2n) is 6.44. The van der Waals surface area contributed by atoms with Crippen LogP contribution in [0.25, 0.3) is 0 Å². The highest BCUT2D eigenvalue weighted by Crippen LogP contribution is 2.24. The average molecular weight is 292 g/mol. The molecule has 0 aliphatic carbocycles. The van der Waals surface area contributed by atoms with Crippen LogP contribution in [0.3, 0.4) is 0 Å². The van der Waals surface area contributed by atoms with Crippen molar-refractivity contribution in [2.45, 2.75) is 45.7 Å². The van der Waals surface area contributed by atoms with Gasteiger partial charge >= 0.3 is 5.97 Å². The molecule has 1 amide bonds. The monoisotopic (exact) mass is 292 g/mol. The first kappa shape index (κ1) is 15.3. The minimum absolute atomic E-state index is 0.278. The number of carboxylic acid groups (broad SMARTS) is 1. The summed E-state index contributed by atoms with van der Waals surface area (Å²) in [7, 11) is 0. The van der Waals surface area contributed by atoms with E-state index in [1.165, 1.54) is 0 Å². The molecule has 1 aromatic rings. The lowest BCUT2D eigenvalue weighted by atomic mass is 9.92. The van der Waals surface area contributed by atoms with Crippen molar-refractivity contribution in [1.29, 1.82) is 0 Å². The van der Waals surface area contributed by atoms with Gasteiger partial charge in [0.2, 0.25) is 5.78 Å². The molecule has 21 heavy (non-hydrogen) atoms. The average Bonchev–Trinajstić information content (AvgIpc) is 2.78. The smallest absolute Gasteiger partial charge is 0.337 e. The Bertz CT molecular complexity index is 595. The Balaban J connectivity index is 2.10. The largest absolute Gasteiger partial charge is 0.478 e. The van der Waals surface area contributed by atoms with E-state index in [4.69, 9.17) is 5.11 Å². The molecule has 6 nitrogen and oxygen atoms in total. The highest BCUT2D eigenvalue weighted by atomic mass is 16.4. The van der Waals surface area contributed by atoms with Gasteiger partial charge in [-0.3, -0.25) is 9.59 Å². The number of ketones is 1. The van der Waals surface area contributed by atoms with E-state index in [1.54, 1.807) is 16.8 Å². The second kappa shape index (κ2) is 5.35. The Morgan fingerprint density at radius 1 is 1.33 bits per heavy atom. The van der Waals surface area contributed by atoms with Crippen molar-refractivity contribution in [3.05, 3.63) is 23.5 Å². The number of carboxylic acids is 1. The number of fused-ring (bicyclic) bond motifs is 1. The SMILES string of the molecule is CC(C)(C)NC(=O)C(=O)C1CCc2c(C(=O)O)ccn2C1. The molecule has 1 aromatic heterocycles. The number of aromatic nitrogens is 1. The van der Waals surface area contributed by atoms with E-state index in [0.29, 0.717) is 19.4 Å². The zero-order chi connectivity index (χ0) is 15.8. The lowest BCUT2D eigenvalue weighted by molar-refractivity contribution is -0.141. The number of carbonyl (C=O) groups excluding carboxylic acids is 2. The van der Waals surface area contributed by atoms with Crippen LogP contribution in [0.1, 0.15) is 43.2 Å². The maximum atomic E-state index is 12.2. The molecule has 2 heterocycles. The number of Topliss-reactive ketones (excluding diaryl/α,β-unsaturated/α-hetero) is 1.